The predicted octanol–water partition coefficient (Wildman–Crippen LogP) is 4.48. The van der Waals surface area contributed by atoms with Gasteiger partial charge in [-0.3, -0.25) is 4.68 Å². The molecular weight excluding hydrogens is 258 g/mol. The maximum Gasteiger partial charge on any atom is 0.0669 e. The van der Waals surface area contributed by atoms with Gasteiger partial charge in [0.15, 0.2) is 0 Å². The van der Waals surface area contributed by atoms with Crippen LogP contribution in [0.5, 0.6) is 0 Å². The van der Waals surface area contributed by atoms with Gasteiger partial charge < -0.3 is 5.32 Å². The number of aromatic nitrogens is 2. The highest BCUT2D eigenvalue weighted by Crippen LogP contribution is 2.17. The molecule has 0 atom stereocenters. The van der Waals surface area contributed by atoms with E-state index in [0.29, 0.717) is 0 Å². The first-order valence-corrected chi connectivity index (χ1v) is 9.06. The molecule has 0 unspecified atom stereocenters. The van der Waals surface area contributed by atoms with Gasteiger partial charge in [0.25, 0.3) is 0 Å². The average molecular weight is 293 g/mol. The van der Waals surface area contributed by atoms with Crippen molar-refractivity contribution in [2.75, 3.05) is 6.54 Å². The first-order valence-electron chi connectivity index (χ1n) is 9.06. The fourth-order valence-electron chi connectivity index (χ4n) is 2.91. The lowest BCUT2D eigenvalue weighted by molar-refractivity contribution is 0.515. The Labute approximate surface area is 131 Å². The number of aryl methyl sites for hydroxylation is 2. The van der Waals surface area contributed by atoms with Crippen LogP contribution in [-0.4, -0.2) is 16.3 Å². The van der Waals surface area contributed by atoms with Crippen LogP contribution < -0.4 is 5.32 Å². The molecule has 0 amide bonds. The molecule has 1 aromatic rings. The lowest BCUT2D eigenvalue weighted by Crippen LogP contribution is -2.16. The molecule has 0 aliphatic rings. The largest absolute Gasteiger partial charge is 0.313 e. The van der Waals surface area contributed by atoms with E-state index in [-0.39, 0.29) is 0 Å². The van der Waals surface area contributed by atoms with Gasteiger partial charge in [-0.2, -0.15) is 5.10 Å². The molecule has 1 heterocycles. The number of nitrogens with one attached hydrogen (secondary N) is 1. The molecule has 1 aromatic heterocycles. The van der Waals surface area contributed by atoms with Crippen LogP contribution in [0, 0.1) is 0 Å². The van der Waals surface area contributed by atoms with Crippen molar-refractivity contribution in [1.29, 1.82) is 0 Å². The van der Waals surface area contributed by atoms with E-state index in [1.54, 1.807) is 0 Å². The molecule has 0 bridgehead atoms. The Morgan fingerprint density at radius 3 is 2.29 bits per heavy atom. The molecule has 0 saturated heterocycles. The summed E-state index contributed by atoms with van der Waals surface area (Å²) in [6, 6.07) is 0. The Kier molecular flexibility index (Phi) is 9.40. The molecule has 0 radical (unpaired) electrons. The van der Waals surface area contributed by atoms with Crippen LogP contribution >= 0.6 is 0 Å². The van der Waals surface area contributed by atoms with E-state index in [1.165, 1.54) is 55.5 Å². The van der Waals surface area contributed by atoms with Crippen molar-refractivity contribution in [3.8, 4) is 0 Å². The Morgan fingerprint density at radius 1 is 0.905 bits per heavy atom. The maximum absolute atomic E-state index is 4.87. The molecule has 21 heavy (non-hydrogen) atoms. The second-order valence-electron chi connectivity index (χ2n) is 5.89. The summed E-state index contributed by atoms with van der Waals surface area (Å²) in [6.07, 6.45) is 9.96. The van der Waals surface area contributed by atoms with Crippen molar-refractivity contribution in [1.82, 2.24) is 15.1 Å². The van der Waals surface area contributed by atoms with Crippen LogP contribution in [0.25, 0.3) is 0 Å². The van der Waals surface area contributed by atoms with Crippen LogP contribution in [0.4, 0.5) is 0 Å². The standard InChI is InChI=1S/C18H35N3/c1-5-9-10-11-12-14-21-18(8-4)16(15-19-13-6-2)17(7-3)20-21/h19H,5-15H2,1-4H3. The van der Waals surface area contributed by atoms with Gasteiger partial charge in [0, 0.05) is 24.3 Å². The minimum atomic E-state index is 0.982. The number of hydrogen-bond acceptors (Lipinski definition) is 2. The summed E-state index contributed by atoms with van der Waals surface area (Å²) in [6.45, 7) is 12.1. The molecule has 1 N–H and O–H groups in total. The molecule has 0 aliphatic heterocycles. The minimum Gasteiger partial charge on any atom is -0.313 e. The number of hydrogen-bond donors (Lipinski definition) is 1. The first-order chi connectivity index (χ1) is 10.3. The van der Waals surface area contributed by atoms with Gasteiger partial charge in [0.1, 0.15) is 0 Å². The van der Waals surface area contributed by atoms with Crippen LogP contribution in [0.2, 0.25) is 0 Å². The first kappa shape index (κ1) is 18.2. The van der Waals surface area contributed by atoms with Crippen LogP contribution in [0.1, 0.15) is 83.2 Å². The molecule has 122 valence electrons. The van der Waals surface area contributed by atoms with Gasteiger partial charge in [-0.1, -0.05) is 53.4 Å². The molecule has 0 aromatic carbocycles. The third-order valence-electron chi connectivity index (χ3n) is 4.12. The fraction of sp³-hybridized carbons (Fsp3) is 0.833. The van der Waals surface area contributed by atoms with Crippen LogP contribution in [-0.2, 0) is 25.9 Å². The van der Waals surface area contributed by atoms with E-state index in [0.717, 1.165) is 32.5 Å². The summed E-state index contributed by atoms with van der Waals surface area (Å²) in [5.41, 5.74) is 4.21. The van der Waals surface area contributed by atoms with Gasteiger partial charge in [0.05, 0.1) is 5.69 Å². The van der Waals surface area contributed by atoms with Crippen molar-refractivity contribution < 1.29 is 0 Å². The van der Waals surface area contributed by atoms with E-state index in [4.69, 9.17) is 5.10 Å². The van der Waals surface area contributed by atoms with Gasteiger partial charge in [-0.15, -0.1) is 0 Å². The van der Waals surface area contributed by atoms with Crippen molar-refractivity contribution in [2.45, 2.75) is 92.2 Å². The summed E-state index contributed by atoms with van der Waals surface area (Å²) in [5, 5.41) is 8.42. The Hall–Kier alpha value is -0.830. The molecule has 0 fully saturated rings. The number of nitrogens with zero attached hydrogens (tertiary/aromatic N) is 2. The zero-order chi connectivity index (χ0) is 15.5. The monoisotopic (exact) mass is 293 g/mol. The summed E-state index contributed by atoms with van der Waals surface area (Å²) in [7, 11) is 0. The van der Waals surface area contributed by atoms with Crippen molar-refractivity contribution in [3.05, 3.63) is 17.0 Å². The maximum atomic E-state index is 4.87. The van der Waals surface area contributed by atoms with Gasteiger partial charge in [-0.05, 0) is 32.2 Å². The third-order valence-corrected chi connectivity index (χ3v) is 4.12. The van der Waals surface area contributed by atoms with E-state index >= 15 is 0 Å². The Balaban J connectivity index is 2.65. The predicted molar refractivity (Wildman–Crippen MR) is 91.7 cm³/mol. The van der Waals surface area contributed by atoms with Crippen LogP contribution in [0.3, 0.4) is 0 Å². The molecule has 3 heteroatoms. The zero-order valence-electron chi connectivity index (χ0n) is 14.7. The Morgan fingerprint density at radius 2 is 1.67 bits per heavy atom. The van der Waals surface area contributed by atoms with Gasteiger partial charge in [-0.25, -0.2) is 0 Å². The van der Waals surface area contributed by atoms with Crippen LogP contribution in [0.15, 0.2) is 0 Å². The molecular formula is C18H35N3. The molecule has 0 aliphatic carbocycles. The summed E-state index contributed by atoms with van der Waals surface area (Å²) < 4.78 is 2.29. The highest BCUT2D eigenvalue weighted by Gasteiger charge is 2.14. The van der Waals surface area contributed by atoms with E-state index in [1.807, 2.05) is 0 Å². The van der Waals surface area contributed by atoms with Crippen molar-refractivity contribution in [2.24, 2.45) is 0 Å². The highest BCUT2D eigenvalue weighted by molar-refractivity contribution is 5.26. The smallest absolute Gasteiger partial charge is 0.0669 e. The lowest BCUT2D eigenvalue weighted by atomic mass is 10.1. The highest BCUT2D eigenvalue weighted by atomic mass is 15.3. The van der Waals surface area contributed by atoms with E-state index < -0.39 is 0 Å². The third kappa shape index (κ3) is 5.82. The quantitative estimate of drug-likeness (QED) is 0.576. The fourth-order valence-corrected chi connectivity index (χ4v) is 2.91. The summed E-state index contributed by atoms with van der Waals surface area (Å²) in [4.78, 5) is 0. The van der Waals surface area contributed by atoms with E-state index in [9.17, 15) is 0 Å². The van der Waals surface area contributed by atoms with Crippen molar-refractivity contribution in [3.63, 3.8) is 0 Å². The average Bonchev–Trinajstić information content (AvgIpc) is 2.84. The Bertz CT molecular complexity index is 382. The molecule has 0 spiro atoms. The van der Waals surface area contributed by atoms with Crippen molar-refractivity contribution >= 4 is 0 Å². The minimum absolute atomic E-state index is 0.982. The second-order valence-corrected chi connectivity index (χ2v) is 5.89. The zero-order valence-corrected chi connectivity index (χ0v) is 14.7. The van der Waals surface area contributed by atoms with E-state index in [2.05, 4.69) is 37.7 Å². The van der Waals surface area contributed by atoms with Gasteiger partial charge in [0.2, 0.25) is 0 Å². The number of unbranched alkanes of at least 4 members (excludes halogenated alkanes) is 4. The number of rotatable bonds is 12. The summed E-state index contributed by atoms with van der Waals surface area (Å²) in [5.74, 6) is 0. The topological polar surface area (TPSA) is 29.9 Å². The molecule has 1 rings (SSSR count). The van der Waals surface area contributed by atoms with Gasteiger partial charge >= 0.3 is 0 Å². The normalized spacial score (nSPS) is 11.2. The second kappa shape index (κ2) is 10.8. The summed E-state index contributed by atoms with van der Waals surface area (Å²) >= 11 is 0. The lowest BCUT2D eigenvalue weighted by Gasteiger charge is -2.09. The SMILES string of the molecule is CCCCCCCn1nc(CC)c(CNCCC)c1CC. The molecule has 3 nitrogen and oxygen atoms in total. The molecule has 0 saturated carbocycles.